The third-order valence-corrected chi connectivity index (χ3v) is 1.21. The van der Waals surface area contributed by atoms with Crippen molar-refractivity contribution in [2.24, 2.45) is 0 Å². The van der Waals surface area contributed by atoms with Crippen LogP contribution in [0.25, 0.3) is 0 Å². The second kappa shape index (κ2) is 4.87. The Labute approximate surface area is 71.1 Å². The van der Waals surface area contributed by atoms with Crippen molar-refractivity contribution in [1.82, 2.24) is 10.2 Å². The van der Waals surface area contributed by atoms with Gasteiger partial charge in [-0.1, -0.05) is 0 Å². The average molecular weight is 176 g/mol. The lowest BCUT2D eigenvalue weighted by atomic mass is 10.3. The first-order valence-corrected chi connectivity index (χ1v) is 2.97. The molecule has 5 heteroatoms. The molecule has 0 aliphatic rings. The van der Waals surface area contributed by atoms with E-state index in [-0.39, 0.29) is 19.0 Å². The van der Waals surface area contributed by atoms with Crippen molar-refractivity contribution >= 4 is 18.2 Å². The monoisotopic (exact) mass is 175 g/mol. The second-order valence-corrected chi connectivity index (χ2v) is 1.81. The number of halogens is 1. The quantitative estimate of drug-likeness (QED) is 0.685. The van der Waals surface area contributed by atoms with Crippen LogP contribution in [0.4, 0.5) is 5.82 Å². The molecule has 11 heavy (non-hydrogen) atoms. The molecular formula is C6H10ClN3O. The lowest BCUT2D eigenvalue weighted by molar-refractivity contribution is 0.282. The summed E-state index contributed by atoms with van der Waals surface area (Å²) in [5, 5.41) is 18.9. The summed E-state index contributed by atoms with van der Waals surface area (Å²) in [6.45, 7) is -0.00824. The van der Waals surface area contributed by atoms with Crippen LogP contribution in [0, 0.1) is 0 Å². The Morgan fingerprint density at radius 1 is 1.64 bits per heavy atom. The summed E-state index contributed by atoms with van der Waals surface area (Å²) in [7, 11) is 1.74. The van der Waals surface area contributed by atoms with E-state index in [9.17, 15) is 0 Å². The number of anilines is 1. The van der Waals surface area contributed by atoms with Crippen LogP contribution in [0.15, 0.2) is 12.3 Å². The number of hydrogen-bond acceptors (Lipinski definition) is 4. The topological polar surface area (TPSA) is 58.0 Å². The molecule has 1 aromatic heterocycles. The number of rotatable bonds is 2. The van der Waals surface area contributed by atoms with Gasteiger partial charge in [-0.05, 0) is 6.07 Å². The first-order valence-electron chi connectivity index (χ1n) is 2.97. The van der Waals surface area contributed by atoms with Gasteiger partial charge in [-0.3, -0.25) is 0 Å². The number of nitrogens with zero attached hydrogens (tertiary/aromatic N) is 2. The molecular weight excluding hydrogens is 166 g/mol. The summed E-state index contributed by atoms with van der Waals surface area (Å²) in [6.07, 6.45) is 1.55. The zero-order valence-corrected chi connectivity index (χ0v) is 6.93. The van der Waals surface area contributed by atoms with Gasteiger partial charge >= 0.3 is 0 Å². The van der Waals surface area contributed by atoms with Crippen molar-refractivity contribution < 1.29 is 5.11 Å². The van der Waals surface area contributed by atoms with E-state index in [2.05, 4.69) is 15.5 Å². The predicted molar refractivity (Wildman–Crippen MR) is 44.7 cm³/mol. The van der Waals surface area contributed by atoms with Gasteiger partial charge in [0.15, 0.2) is 5.82 Å². The van der Waals surface area contributed by atoms with Crippen LogP contribution in [0.3, 0.4) is 0 Å². The zero-order valence-electron chi connectivity index (χ0n) is 6.11. The zero-order chi connectivity index (χ0) is 7.40. The third kappa shape index (κ3) is 2.32. The molecule has 0 unspecified atom stereocenters. The van der Waals surface area contributed by atoms with E-state index in [0.717, 1.165) is 5.56 Å². The molecule has 0 atom stereocenters. The fraction of sp³-hybridized carbons (Fsp3) is 0.333. The van der Waals surface area contributed by atoms with Crippen molar-refractivity contribution in [3.8, 4) is 0 Å². The molecule has 0 fully saturated rings. The molecule has 0 aromatic carbocycles. The second-order valence-electron chi connectivity index (χ2n) is 1.81. The Morgan fingerprint density at radius 2 is 2.36 bits per heavy atom. The van der Waals surface area contributed by atoms with Gasteiger partial charge < -0.3 is 10.4 Å². The maximum atomic E-state index is 8.74. The van der Waals surface area contributed by atoms with E-state index < -0.39 is 0 Å². The molecule has 0 spiro atoms. The van der Waals surface area contributed by atoms with Crippen LogP contribution >= 0.6 is 12.4 Å². The van der Waals surface area contributed by atoms with Crippen LogP contribution < -0.4 is 5.32 Å². The van der Waals surface area contributed by atoms with E-state index in [1.54, 1.807) is 19.3 Å². The highest BCUT2D eigenvalue weighted by molar-refractivity contribution is 5.85. The Kier molecular flexibility index (Phi) is 4.49. The van der Waals surface area contributed by atoms with Gasteiger partial charge in [0.25, 0.3) is 0 Å². The Balaban J connectivity index is 0.000001000. The van der Waals surface area contributed by atoms with Crippen LogP contribution in [0.2, 0.25) is 0 Å². The largest absolute Gasteiger partial charge is 0.392 e. The Hall–Kier alpha value is -0.870. The summed E-state index contributed by atoms with van der Waals surface area (Å²) in [5.74, 6) is 0.630. The molecule has 0 bridgehead atoms. The number of hydrogen-bond donors (Lipinski definition) is 2. The van der Waals surface area contributed by atoms with Crippen molar-refractivity contribution in [2.45, 2.75) is 6.61 Å². The van der Waals surface area contributed by atoms with E-state index in [1.165, 1.54) is 0 Å². The molecule has 0 aliphatic carbocycles. The highest BCUT2D eigenvalue weighted by atomic mass is 35.5. The molecule has 2 N–H and O–H groups in total. The van der Waals surface area contributed by atoms with Gasteiger partial charge in [0, 0.05) is 12.6 Å². The highest BCUT2D eigenvalue weighted by Gasteiger charge is 1.97. The van der Waals surface area contributed by atoms with Crippen molar-refractivity contribution in [1.29, 1.82) is 0 Å². The SMILES string of the molecule is CNc1nnccc1CO.Cl. The van der Waals surface area contributed by atoms with E-state index in [1.807, 2.05) is 0 Å². The molecule has 1 rings (SSSR count). The van der Waals surface area contributed by atoms with E-state index in [0.29, 0.717) is 5.82 Å². The summed E-state index contributed by atoms with van der Waals surface area (Å²) in [6, 6.07) is 1.72. The molecule has 1 aromatic rings. The normalized spacial score (nSPS) is 8.55. The lowest BCUT2D eigenvalue weighted by Gasteiger charge is -2.01. The van der Waals surface area contributed by atoms with Crippen LogP contribution in [-0.2, 0) is 6.61 Å². The van der Waals surface area contributed by atoms with Gasteiger partial charge in [0.2, 0.25) is 0 Å². The average Bonchev–Trinajstić information content (AvgIpc) is 2.04. The number of nitrogens with one attached hydrogen (secondary N) is 1. The van der Waals surface area contributed by atoms with Gasteiger partial charge in [-0.2, -0.15) is 5.10 Å². The summed E-state index contributed by atoms with van der Waals surface area (Å²) >= 11 is 0. The molecule has 1 heterocycles. The van der Waals surface area contributed by atoms with Gasteiger partial charge in [-0.25, -0.2) is 0 Å². The molecule has 0 aliphatic heterocycles. The van der Waals surface area contributed by atoms with Crippen molar-refractivity contribution in [2.75, 3.05) is 12.4 Å². The maximum Gasteiger partial charge on any atom is 0.153 e. The smallest absolute Gasteiger partial charge is 0.153 e. The van der Waals surface area contributed by atoms with Crippen LogP contribution in [-0.4, -0.2) is 22.4 Å². The Bertz CT molecular complexity index is 196. The minimum atomic E-state index is -0.00824. The number of aliphatic hydroxyl groups is 1. The standard InChI is InChI=1S/C6H9N3O.ClH/c1-7-6-5(4-10)2-3-8-9-6;/h2-3,10H,4H2,1H3,(H,7,9);1H. The molecule has 0 amide bonds. The number of aliphatic hydroxyl groups excluding tert-OH is 1. The minimum Gasteiger partial charge on any atom is -0.392 e. The molecule has 0 saturated carbocycles. The van der Waals surface area contributed by atoms with Crippen molar-refractivity contribution in [3.05, 3.63) is 17.8 Å². The first kappa shape index (κ1) is 10.1. The van der Waals surface area contributed by atoms with E-state index in [4.69, 9.17) is 5.11 Å². The fourth-order valence-corrected chi connectivity index (χ4v) is 0.696. The lowest BCUT2D eigenvalue weighted by Crippen LogP contribution is -1.99. The van der Waals surface area contributed by atoms with Crippen molar-refractivity contribution in [3.63, 3.8) is 0 Å². The molecule has 0 saturated heterocycles. The highest BCUT2D eigenvalue weighted by Crippen LogP contribution is 2.07. The summed E-state index contributed by atoms with van der Waals surface area (Å²) in [4.78, 5) is 0. The maximum absolute atomic E-state index is 8.74. The predicted octanol–water partition coefficient (Wildman–Crippen LogP) is 0.432. The Morgan fingerprint density at radius 3 is 2.82 bits per heavy atom. The molecule has 4 nitrogen and oxygen atoms in total. The van der Waals surface area contributed by atoms with Gasteiger partial charge in [0.1, 0.15) is 0 Å². The van der Waals surface area contributed by atoms with Crippen LogP contribution in [0.5, 0.6) is 0 Å². The van der Waals surface area contributed by atoms with Gasteiger partial charge in [0.05, 0.1) is 12.8 Å². The molecule has 0 radical (unpaired) electrons. The first-order chi connectivity index (χ1) is 4.88. The van der Waals surface area contributed by atoms with Crippen LogP contribution in [0.1, 0.15) is 5.56 Å². The fourth-order valence-electron chi connectivity index (χ4n) is 0.696. The van der Waals surface area contributed by atoms with E-state index >= 15 is 0 Å². The minimum absolute atomic E-state index is 0. The van der Waals surface area contributed by atoms with Gasteiger partial charge in [-0.15, -0.1) is 17.5 Å². The molecule has 62 valence electrons. The number of aromatic nitrogens is 2. The summed E-state index contributed by atoms with van der Waals surface area (Å²) in [5.41, 5.74) is 0.762. The summed E-state index contributed by atoms with van der Waals surface area (Å²) < 4.78 is 0. The third-order valence-electron chi connectivity index (χ3n) is 1.21.